The van der Waals surface area contributed by atoms with E-state index in [0.717, 1.165) is 11.3 Å². The van der Waals surface area contributed by atoms with Crippen molar-refractivity contribution in [2.24, 2.45) is 0 Å². The zero-order chi connectivity index (χ0) is 17.3. The molecule has 0 spiro atoms. The van der Waals surface area contributed by atoms with Crippen LogP contribution in [0.2, 0.25) is 0 Å². The number of carbonyl (C=O) groups excluding carboxylic acids is 2. The number of carbonyl (C=O) groups is 2. The molecule has 1 aliphatic heterocycles. The van der Waals surface area contributed by atoms with Crippen molar-refractivity contribution in [3.63, 3.8) is 0 Å². The highest BCUT2D eigenvalue weighted by Crippen LogP contribution is 2.30. The van der Waals surface area contributed by atoms with E-state index >= 15 is 0 Å². The van der Waals surface area contributed by atoms with E-state index in [-0.39, 0.29) is 18.8 Å². The number of benzene rings is 1. The van der Waals surface area contributed by atoms with Gasteiger partial charge in [0.1, 0.15) is 5.83 Å². The number of nitrogens with zero attached hydrogens (tertiary/aromatic N) is 2. The number of para-hydroxylation sites is 1. The van der Waals surface area contributed by atoms with E-state index in [1.54, 1.807) is 6.08 Å². The van der Waals surface area contributed by atoms with Crippen molar-refractivity contribution in [3.05, 3.63) is 52.3 Å². The number of aryl methyl sites for hydroxylation is 1. The number of hydrogen-bond donors (Lipinski definition) is 0. The van der Waals surface area contributed by atoms with Gasteiger partial charge in [0.25, 0.3) is 0 Å². The lowest BCUT2D eigenvalue weighted by atomic mass is 10.0. The standard InChI is InChI=1S/C18H18ClFN2O2/c1-12-5-2-3-8-16(12)22-10-9-21(17(23)18(22)24)11-13-14(19)6-4-7-15(13)20/h2-3,5-6,8H,4,7,9-11H2,1H3. The Balaban J connectivity index is 1.77. The number of allylic oxidation sites excluding steroid dienone is 2. The fourth-order valence-corrected chi connectivity index (χ4v) is 3.27. The first-order chi connectivity index (χ1) is 11.5. The van der Waals surface area contributed by atoms with Gasteiger partial charge in [-0.3, -0.25) is 9.59 Å². The summed E-state index contributed by atoms with van der Waals surface area (Å²) in [6.07, 6.45) is 2.59. The number of rotatable bonds is 3. The Morgan fingerprint density at radius 1 is 1.17 bits per heavy atom. The molecular weight excluding hydrogens is 331 g/mol. The lowest BCUT2D eigenvalue weighted by molar-refractivity contribution is -0.145. The third-order valence-corrected chi connectivity index (χ3v) is 4.75. The van der Waals surface area contributed by atoms with Gasteiger partial charge in [-0.05, 0) is 25.0 Å². The van der Waals surface area contributed by atoms with Gasteiger partial charge in [-0.1, -0.05) is 35.9 Å². The van der Waals surface area contributed by atoms with Gasteiger partial charge in [-0.15, -0.1) is 0 Å². The summed E-state index contributed by atoms with van der Waals surface area (Å²) >= 11 is 6.06. The molecule has 0 saturated carbocycles. The smallest absolute Gasteiger partial charge is 0.316 e. The lowest BCUT2D eigenvalue weighted by Crippen LogP contribution is -2.55. The van der Waals surface area contributed by atoms with Crippen molar-refractivity contribution in [2.75, 3.05) is 24.5 Å². The quantitative estimate of drug-likeness (QED) is 0.786. The molecule has 0 unspecified atom stereocenters. The van der Waals surface area contributed by atoms with Crippen LogP contribution in [-0.4, -0.2) is 36.3 Å². The molecule has 0 atom stereocenters. The van der Waals surface area contributed by atoms with Crippen LogP contribution in [0.3, 0.4) is 0 Å². The summed E-state index contributed by atoms with van der Waals surface area (Å²) < 4.78 is 14.0. The molecule has 0 N–H and O–H groups in total. The van der Waals surface area contributed by atoms with Crippen molar-refractivity contribution in [1.29, 1.82) is 0 Å². The molecule has 1 aromatic carbocycles. The largest absolute Gasteiger partial charge is 0.328 e. The van der Waals surface area contributed by atoms with Gasteiger partial charge < -0.3 is 9.80 Å². The van der Waals surface area contributed by atoms with Crippen LogP contribution in [0.4, 0.5) is 10.1 Å². The Morgan fingerprint density at radius 2 is 1.92 bits per heavy atom. The lowest BCUT2D eigenvalue weighted by Gasteiger charge is -2.35. The van der Waals surface area contributed by atoms with E-state index in [2.05, 4.69) is 0 Å². The van der Waals surface area contributed by atoms with E-state index < -0.39 is 11.8 Å². The Bertz CT molecular complexity index is 757. The van der Waals surface area contributed by atoms with E-state index in [1.165, 1.54) is 9.80 Å². The normalized spacial score (nSPS) is 19.0. The summed E-state index contributed by atoms with van der Waals surface area (Å²) in [6, 6.07) is 7.43. The van der Waals surface area contributed by atoms with Crippen LogP contribution < -0.4 is 4.90 Å². The van der Waals surface area contributed by atoms with Crippen LogP contribution in [0, 0.1) is 6.92 Å². The molecule has 24 heavy (non-hydrogen) atoms. The van der Waals surface area contributed by atoms with Crippen molar-refractivity contribution in [1.82, 2.24) is 4.90 Å². The Hall–Kier alpha value is -2.14. The minimum Gasteiger partial charge on any atom is -0.328 e. The molecule has 4 nitrogen and oxygen atoms in total. The second kappa shape index (κ2) is 6.77. The summed E-state index contributed by atoms with van der Waals surface area (Å²) in [6.45, 7) is 2.66. The van der Waals surface area contributed by atoms with Gasteiger partial charge >= 0.3 is 11.8 Å². The molecule has 126 valence electrons. The van der Waals surface area contributed by atoms with Crippen LogP contribution in [0.1, 0.15) is 18.4 Å². The van der Waals surface area contributed by atoms with Gasteiger partial charge in [0.05, 0.1) is 6.54 Å². The van der Waals surface area contributed by atoms with E-state index in [9.17, 15) is 14.0 Å². The average Bonchev–Trinajstić information content (AvgIpc) is 2.56. The fraction of sp³-hybridized carbons (Fsp3) is 0.333. The monoisotopic (exact) mass is 348 g/mol. The number of hydrogen-bond acceptors (Lipinski definition) is 2. The van der Waals surface area contributed by atoms with E-state index in [0.29, 0.717) is 30.1 Å². The Kier molecular flexibility index (Phi) is 4.71. The van der Waals surface area contributed by atoms with Crippen molar-refractivity contribution < 1.29 is 14.0 Å². The van der Waals surface area contributed by atoms with Gasteiger partial charge in [0.15, 0.2) is 0 Å². The molecule has 1 aliphatic carbocycles. The summed E-state index contributed by atoms with van der Waals surface area (Å²) in [7, 11) is 0. The first-order valence-corrected chi connectivity index (χ1v) is 8.27. The third-order valence-electron chi connectivity index (χ3n) is 4.37. The van der Waals surface area contributed by atoms with Crippen LogP contribution in [0.5, 0.6) is 0 Å². The molecular formula is C18H18ClFN2O2. The molecule has 1 fully saturated rings. The maximum Gasteiger partial charge on any atom is 0.316 e. The maximum atomic E-state index is 14.0. The third kappa shape index (κ3) is 3.08. The van der Waals surface area contributed by atoms with Gasteiger partial charge in [0.2, 0.25) is 0 Å². The van der Waals surface area contributed by atoms with Crippen LogP contribution in [0.25, 0.3) is 0 Å². The molecule has 6 heteroatoms. The Labute approximate surface area is 145 Å². The van der Waals surface area contributed by atoms with E-state index in [4.69, 9.17) is 11.6 Å². The minimum atomic E-state index is -0.625. The second-order valence-electron chi connectivity index (χ2n) is 5.94. The second-order valence-corrected chi connectivity index (χ2v) is 6.35. The SMILES string of the molecule is Cc1ccccc1N1CCN(CC2=C(F)CCC=C2Cl)C(=O)C1=O. The molecule has 2 aliphatic rings. The fourth-order valence-electron chi connectivity index (χ4n) is 3.00. The van der Waals surface area contributed by atoms with Crippen LogP contribution in [0.15, 0.2) is 46.8 Å². The highest BCUT2D eigenvalue weighted by atomic mass is 35.5. The first kappa shape index (κ1) is 16.7. The molecule has 1 heterocycles. The maximum absolute atomic E-state index is 14.0. The average molecular weight is 349 g/mol. The molecule has 0 radical (unpaired) electrons. The first-order valence-electron chi connectivity index (χ1n) is 7.89. The van der Waals surface area contributed by atoms with Gasteiger partial charge in [-0.25, -0.2) is 4.39 Å². The summed E-state index contributed by atoms with van der Waals surface area (Å²) in [5.74, 6) is -1.52. The van der Waals surface area contributed by atoms with Crippen LogP contribution >= 0.6 is 11.6 Å². The van der Waals surface area contributed by atoms with Gasteiger partial charge in [0, 0.05) is 35.8 Å². The van der Waals surface area contributed by atoms with Crippen molar-refractivity contribution in [3.8, 4) is 0 Å². The minimum absolute atomic E-state index is 0.0351. The number of anilines is 1. The zero-order valence-corrected chi connectivity index (χ0v) is 14.1. The highest BCUT2D eigenvalue weighted by molar-refractivity contribution is 6.41. The van der Waals surface area contributed by atoms with Gasteiger partial charge in [-0.2, -0.15) is 0 Å². The highest BCUT2D eigenvalue weighted by Gasteiger charge is 2.35. The topological polar surface area (TPSA) is 40.6 Å². The predicted molar refractivity (Wildman–Crippen MR) is 91.4 cm³/mol. The summed E-state index contributed by atoms with van der Waals surface area (Å²) in [5.41, 5.74) is 1.98. The molecule has 0 aromatic heterocycles. The Morgan fingerprint density at radius 3 is 2.62 bits per heavy atom. The zero-order valence-electron chi connectivity index (χ0n) is 13.4. The molecule has 0 bridgehead atoms. The number of halogens is 2. The molecule has 1 aromatic rings. The van der Waals surface area contributed by atoms with Crippen molar-refractivity contribution >= 4 is 29.1 Å². The van der Waals surface area contributed by atoms with Crippen molar-refractivity contribution in [2.45, 2.75) is 19.8 Å². The van der Waals surface area contributed by atoms with E-state index in [1.807, 2.05) is 31.2 Å². The number of piperazine rings is 1. The molecule has 1 saturated heterocycles. The molecule has 2 amide bonds. The molecule has 3 rings (SSSR count). The predicted octanol–water partition coefficient (Wildman–Crippen LogP) is 3.31. The summed E-state index contributed by atoms with van der Waals surface area (Å²) in [5, 5.41) is 0.334. The summed E-state index contributed by atoms with van der Waals surface area (Å²) in [4.78, 5) is 27.8. The van der Waals surface area contributed by atoms with Crippen LogP contribution in [-0.2, 0) is 9.59 Å². The number of amides is 2.